The highest BCUT2D eigenvalue weighted by molar-refractivity contribution is 6.09. The van der Waals surface area contributed by atoms with E-state index >= 15 is 0 Å². The van der Waals surface area contributed by atoms with Gasteiger partial charge in [0.15, 0.2) is 0 Å². The minimum atomic E-state index is -1.22. The number of rotatable bonds is 5. The molecule has 1 N–H and O–H groups in total. The monoisotopic (exact) mass is 436 g/mol. The SMILES string of the molecule is COc1ccc(C2(C)NC(=O)N(CC(=O)N3CCN(c4ccccc4)CC3)C2=O)cc1C. The van der Waals surface area contributed by atoms with Crippen molar-refractivity contribution in [1.29, 1.82) is 0 Å². The summed E-state index contributed by atoms with van der Waals surface area (Å²) in [5, 5.41) is 2.77. The molecule has 4 amide bonds. The Bertz CT molecular complexity index is 1030. The van der Waals surface area contributed by atoms with E-state index in [1.807, 2.05) is 43.3 Å². The molecule has 2 fully saturated rings. The molecule has 0 spiro atoms. The molecule has 0 saturated carbocycles. The van der Waals surface area contributed by atoms with Crippen LogP contribution in [0.5, 0.6) is 5.75 Å². The number of hydrogen-bond donors (Lipinski definition) is 1. The Hall–Kier alpha value is -3.55. The van der Waals surface area contributed by atoms with E-state index < -0.39 is 17.5 Å². The van der Waals surface area contributed by atoms with Gasteiger partial charge in [0.2, 0.25) is 5.91 Å². The highest BCUT2D eigenvalue weighted by atomic mass is 16.5. The molecule has 2 saturated heterocycles. The van der Waals surface area contributed by atoms with E-state index in [4.69, 9.17) is 4.74 Å². The van der Waals surface area contributed by atoms with Crippen molar-refractivity contribution in [2.75, 3.05) is 44.7 Å². The fraction of sp³-hybridized carbons (Fsp3) is 0.375. The van der Waals surface area contributed by atoms with Crippen molar-refractivity contribution in [3.63, 3.8) is 0 Å². The van der Waals surface area contributed by atoms with Crippen LogP contribution in [-0.2, 0) is 15.1 Å². The largest absolute Gasteiger partial charge is 0.496 e. The predicted octanol–water partition coefficient (Wildman–Crippen LogP) is 2.12. The van der Waals surface area contributed by atoms with Gasteiger partial charge in [-0.15, -0.1) is 0 Å². The van der Waals surface area contributed by atoms with Crippen molar-refractivity contribution in [2.24, 2.45) is 0 Å². The number of hydrogen-bond acceptors (Lipinski definition) is 5. The maximum absolute atomic E-state index is 13.2. The number of ether oxygens (including phenoxy) is 1. The van der Waals surface area contributed by atoms with Crippen LogP contribution in [0.25, 0.3) is 0 Å². The Morgan fingerprint density at radius 1 is 1.06 bits per heavy atom. The lowest BCUT2D eigenvalue weighted by molar-refractivity contribution is -0.139. The van der Waals surface area contributed by atoms with Gasteiger partial charge in [-0.2, -0.15) is 0 Å². The van der Waals surface area contributed by atoms with Gasteiger partial charge in [-0.05, 0) is 49.2 Å². The van der Waals surface area contributed by atoms with Gasteiger partial charge in [0.1, 0.15) is 17.8 Å². The average Bonchev–Trinajstić information content (AvgIpc) is 3.03. The number of piperazine rings is 1. The molecule has 8 nitrogen and oxygen atoms in total. The highest BCUT2D eigenvalue weighted by Crippen LogP contribution is 2.31. The van der Waals surface area contributed by atoms with Gasteiger partial charge in [0.05, 0.1) is 7.11 Å². The van der Waals surface area contributed by atoms with Crippen LogP contribution < -0.4 is 15.0 Å². The smallest absolute Gasteiger partial charge is 0.325 e. The Morgan fingerprint density at radius 2 is 1.75 bits per heavy atom. The molecule has 2 heterocycles. The lowest BCUT2D eigenvalue weighted by Crippen LogP contribution is -2.52. The summed E-state index contributed by atoms with van der Waals surface area (Å²) in [5.41, 5.74) is 1.42. The molecule has 0 aromatic heterocycles. The molecular weight excluding hydrogens is 408 g/mol. The van der Waals surface area contributed by atoms with Crippen molar-refractivity contribution < 1.29 is 19.1 Å². The van der Waals surface area contributed by atoms with Crippen molar-refractivity contribution in [2.45, 2.75) is 19.4 Å². The van der Waals surface area contributed by atoms with E-state index in [9.17, 15) is 14.4 Å². The summed E-state index contributed by atoms with van der Waals surface area (Å²) in [6, 6.07) is 14.9. The summed E-state index contributed by atoms with van der Waals surface area (Å²) in [6.07, 6.45) is 0. The summed E-state index contributed by atoms with van der Waals surface area (Å²) in [4.78, 5) is 43.7. The average molecular weight is 437 g/mol. The minimum absolute atomic E-state index is 0.226. The molecule has 1 atom stereocenters. The van der Waals surface area contributed by atoms with Crippen molar-refractivity contribution in [3.05, 3.63) is 59.7 Å². The van der Waals surface area contributed by atoms with Crippen molar-refractivity contribution >= 4 is 23.5 Å². The molecule has 8 heteroatoms. The van der Waals surface area contributed by atoms with E-state index in [0.717, 1.165) is 16.2 Å². The first-order chi connectivity index (χ1) is 15.3. The quantitative estimate of drug-likeness (QED) is 0.726. The number of amides is 4. The third-order valence-corrected chi connectivity index (χ3v) is 6.29. The lowest BCUT2D eigenvalue weighted by atomic mass is 9.90. The Morgan fingerprint density at radius 3 is 2.38 bits per heavy atom. The second-order valence-electron chi connectivity index (χ2n) is 8.33. The number of benzene rings is 2. The summed E-state index contributed by atoms with van der Waals surface area (Å²) in [7, 11) is 1.58. The number of aryl methyl sites for hydroxylation is 1. The Kier molecular flexibility index (Phi) is 5.78. The standard InChI is InChI=1S/C24H28N4O4/c1-17-15-18(9-10-20(17)32-3)24(2)22(30)28(23(31)25-24)16-21(29)27-13-11-26(12-14-27)19-7-5-4-6-8-19/h4-10,15H,11-14,16H2,1-3H3,(H,25,31). The summed E-state index contributed by atoms with van der Waals surface area (Å²) >= 11 is 0. The summed E-state index contributed by atoms with van der Waals surface area (Å²) in [6.45, 7) is 5.79. The summed E-state index contributed by atoms with van der Waals surface area (Å²) < 4.78 is 5.28. The first-order valence-corrected chi connectivity index (χ1v) is 10.7. The van der Waals surface area contributed by atoms with Gasteiger partial charge in [-0.25, -0.2) is 4.79 Å². The zero-order valence-electron chi connectivity index (χ0n) is 18.6. The molecule has 168 valence electrons. The second-order valence-corrected chi connectivity index (χ2v) is 8.33. The third-order valence-electron chi connectivity index (χ3n) is 6.29. The number of nitrogens with one attached hydrogen (secondary N) is 1. The van der Waals surface area contributed by atoms with Gasteiger partial charge in [-0.3, -0.25) is 14.5 Å². The molecule has 1 unspecified atom stereocenters. The Labute approximate surface area is 187 Å². The van der Waals surface area contributed by atoms with E-state index in [0.29, 0.717) is 37.5 Å². The van der Waals surface area contributed by atoms with Crippen LogP contribution >= 0.6 is 0 Å². The van der Waals surface area contributed by atoms with Crippen LogP contribution in [0.4, 0.5) is 10.5 Å². The molecule has 4 rings (SSSR count). The first kappa shape index (κ1) is 21.7. The summed E-state index contributed by atoms with van der Waals surface area (Å²) in [5.74, 6) is 0.0514. The molecule has 0 radical (unpaired) electrons. The van der Waals surface area contributed by atoms with Gasteiger partial charge in [0.25, 0.3) is 5.91 Å². The van der Waals surface area contributed by atoms with E-state index in [-0.39, 0.29) is 12.5 Å². The van der Waals surface area contributed by atoms with Crippen LogP contribution in [0.15, 0.2) is 48.5 Å². The number of anilines is 1. The van der Waals surface area contributed by atoms with Gasteiger partial charge in [0, 0.05) is 31.9 Å². The molecule has 0 aliphatic carbocycles. The van der Waals surface area contributed by atoms with Crippen LogP contribution in [-0.4, -0.2) is 67.5 Å². The van der Waals surface area contributed by atoms with Crippen LogP contribution in [0.3, 0.4) is 0 Å². The first-order valence-electron chi connectivity index (χ1n) is 10.7. The van der Waals surface area contributed by atoms with Crippen LogP contribution in [0.1, 0.15) is 18.1 Å². The fourth-order valence-electron chi connectivity index (χ4n) is 4.31. The zero-order valence-corrected chi connectivity index (χ0v) is 18.6. The van der Waals surface area contributed by atoms with Gasteiger partial charge >= 0.3 is 6.03 Å². The lowest BCUT2D eigenvalue weighted by Gasteiger charge is -2.36. The number of nitrogens with zero attached hydrogens (tertiary/aromatic N) is 3. The highest BCUT2D eigenvalue weighted by Gasteiger charge is 2.50. The minimum Gasteiger partial charge on any atom is -0.496 e. The van der Waals surface area contributed by atoms with Crippen LogP contribution in [0, 0.1) is 6.92 Å². The molecular formula is C24H28N4O4. The molecule has 0 bridgehead atoms. The second kappa shape index (κ2) is 8.53. The number of carbonyl (C=O) groups excluding carboxylic acids is 3. The van der Waals surface area contributed by atoms with Gasteiger partial charge in [-0.1, -0.05) is 24.3 Å². The third kappa shape index (κ3) is 3.88. The molecule has 2 aromatic rings. The predicted molar refractivity (Wildman–Crippen MR) is 121 cm³/mol. The van der Waals surface area contributed by atoms with Crippen LogP contribution in [0.2, 0.25) is 0 Å². The number of methoxy groups -OCH3 is 1. The normalized spacial score (nSPS) is 21.0. The number of imide groups is 1. The fourth-order valence-corrected chi connectivity index (χ4v) is 4.31. The molecule has 2 aliphatic heterocycles. The maximum Gasteiger partial charge on any atom is 0.325 e. The maximum atomic E-state index is 13.2. The van der Waals surface area contributed by atoms with Crippen molar-refractivity contribution in [3.8, 4) is 5.75 Å². The van der Waals surface area contributed by atoms with E-state index in [1.54, 1.807) is 31.1 Å². The topological polar surface area (TPSA) is 82.2 Å². The van der Waals surface area contributed by atoms with E-state index in [2.05, 4.69) is 10.2 Å². The molecule has 2 aliphatic rings. The van der Waals surface area contributed by atoms with E-state index in [1.165, 1.54) is 0 Å². The molecule has 32 heavy (non-hydrogen) atoms. The number of para-hydroxylation sites is 1. The number of carbonyl (C=O) groups is 3. The van der Waals surface area contributed by atoms with Crippen molar-refractivity contribution in [1.82, 2.24) is 15.1 Å². The number of urea groups is 1. The van der Waals surface area contributed by atoms with Gasteiger partial charge < -0.3 is 19.9 Å². The molecule has 2 aromatic carbocycles. The Balaban J connectivity index is 1.41. The zero-order chi connectivity index (χ0) is 22.9.